The SMILES string of the molecule is CN=C(NCc1ccn[nH]1)N1CCN(C/C=C/c2ccccc2)CC1. The molecule has 3 rings (SSSR count). The molecule has 0 saturated carbocycles. The molecule has 1 fully saturated rings. The summed E-state index contributed by atoms with van der Waals surface area (Å²) >= 11 is 0. The van der Waals surface area contributed by atoms with Gasteiger partial charge in [0.2, 0.25) is 0 Å². The van der Waals surface area contributed by atoms with E-state index in [1.165, 1.54) is 5.56 Å². The molecular formula is C19H26N6. The van der Waals surface area contributed by atoms with Crippen LogP contribution in [0.1, 0.15) is 11.3 Å². The van der Waals surface area contributed by atoms with E-state index in [1.807, 2.05) is 19.2 Å². The Bertz CT molecular complexity index is 669. The smallest absolute Gasteiger partial charge is 0.194 e. The summed E-state index contributed by atoms with van der Waals surface area (Å²) in [6, 6.07) is 12.4. The Hall–Kier alpha value is -2.60. The Morgan fingerprint density at radius 1 is 1.20 bits per heavy atom. The second kappa shape index (κ2) is 9.03. The van der Waals surface area contributed by atoms with Gasteiger partial charge in [-0.25, -0.2) is 0 Å². The average molecular weight is 338 g/mol. The maximum Gasteiger partial charge on any atom is 0.194 e. The van der Waals surface area contributed by atoms with Crippen molar-refractivity contribution in [3.63, 3.8) is 0 Å². The Balaban J connectivity index is 1.42. The Kier molecular flexibility index (Phi) is 6.23. The van der Waals surface area contributed by atoms with Crippen LogP contribution in [0.4, 0.5) is 0 Å². The first kappa shape index (κ1) is 17.2. The number of hydrogen-bond acceptors (Lipinski definition) is 3. The van der Waals surface area contributed by atoms with Crippen LogP contribution in [0.15, 0.2) is 53.7 Å². The topological polar surface area (TPSA) is 59.6 Å². The fourth-order valence-electron chi connectivity index (χ4n) is 2.93. The quantitative estimate of drug-likeness (QED) is 0.645. The lowest BCUT2D eigenvalue weighted by Gasteiger charge is -2.36. The highest BCUT2D eigenvalue weighted by Crippen LogP contribution is 2.05. The largest absolute Gasteiger partial charge is 0.351 e. The van der Waals surface area contributed by atoms with Crippen LogP contribution in [-0.2, 0) is 6.54 Å². The molecule has 0 amide bonds. The number of piperazine rings is 1. The summed E-state index contributed by atoms with van der Waals surface area (Å²) in [4.78, 5) is 9.19. The maximum absolute atomic E-state index is 4.40. The molecule has 2 heterocycles. The van der Waals surface area contributed by atoms with Crippen molar-refractivity contribution in [1.82, 2.24) is 25.3 Å². The van der Waals surface area contributed by atoms with Crippen LogP contribution < -0.4 is 5.32 Å². The molecule has 0 aliphatic carbocycles. The van der Waals surface area contributed by atoms with E-state index in [4.69, 9.17) is 0 Å². The molecule has 6 nitrogen and oxygen atoms in total. The predicted octanol–water partition coefficient (Wildman–Crippen LogP) is 1.82. The van der Waals surface area contributed by atoms with Crippen LogP contribution in [0.25, 0.3) is 6.08 Å². The summed E-state index contributed by atoms with van der Waals surface area (Å²) in [5.74, 6) is 0.953. The number of H-pyrrole nitrogens is 1. The first-order valence-corrected chi connectivity index (χ1v) is 8.73. The highest BCUT2D eigenvalue weighted by Gasteiger charge is 2.18. The van der Waals surface area contributed by atoms with Crippen LogP contribution in [-0.4, -0.2) is 65.7 Å². The minimum Gasteiger partial charge on any atom is -0.351 e. The van der Waals surface area contributed by atoms with E-state index in [1.54, 1.807) is 6.20 Å². The monoisotopic (exact) mass is 338 g/mol. The molecule has 1 aliphatic rings. The van der Waals surface area contributed by atoms with E-state index in [-0.39, 0.29) is 0 Å². The van der Waals surface area contributed by atoms with E-state index < -0.39 is 0 Å². The molecule has 1 aliphatic heterocycles. The summed E-state index contributed by atoms with van der Waals surface area (Å²) in [5.41, 5.74) is 2.32. The molecule has 2 aromatic rings. The number of aromatic amines is 1. The second-order valence-corrected chi connectivity index (χ2v) is 6.08. The van der Waals surface area contributed by atoms with Crippen LogP contribution >= 0.6 is 0 Å². The standard InChI is InChI=1S/C19H26N6/c1-20-19(21-16-18-9-10-22-23-18)25-14-12-24(13-15-25)11-5-8-17-6-3-2-4-7-17/h2-10H,11-16H2,1H3,(H,20,21)(H,22,23)/b8-5+. The van der Waals surface area contributed by atoms with Crippen molar-refractivity contribution in [3.05, 3.63) is 59.9 Å². The predicted molar refractivity (Wildman–Crippen MR) is 102 cm³/mol. The lowest BCUT2D eigenvalue weighted by atomic mass is 10.2. The van der Waals surface area contributed by atoms with Gasteiger partial charge in [0, 0.05) is 46.0 Å². The van der Waals surface area contributed by atoms with Crippen molar-refractivity contribution in [2.75, 3.05) is 39.8 Å². The lowest BCUT2D eigenvalue weighted by molar-refractivity contribution is 0.194. The first-order chi connectivity index (χ1) is 12.3. The average Bonchev–Trinajstić information content (AvgIpc) is 3.18. The first-order valence-electron chi connectivity index (χ1n) is 8.73. The van der Waals surface area contributed by atoms with Gasteiger partial charge >= 0.3 is 0 Å². The third-order valence-electron chi connectivity index (χ3n) is 4.35. The minimum atomic E-state index is 0.715. The molecule has 0 bridgehead atoms. The minimum absolute atomic E-state index is 0.715. The molecule has 6 heteroatoms. The van der Waals surface area contributed by atoms with Crippen LogP contribution in [0.5, 0.6) is 0 Å². The third kappa shape index (κ3) is 5.19. The molecule has 0 spiro atoms. The summed E-state index contributed by atoms with van der Waals surface area (Å²) < 4.78 is 0. The molecule has 25 heavy (non-hydrogen) atoms. The molecule has 1 aromatic heterocycles. The number of aliphatic imine (C=N–C) groups is 1. The zero-order valence-electron chi connectivity index (χ0n) is 14.7. The molecule has 0 unspecified atom stereocenters. The summed E-state index contributed by atoms with van der Waals surface area (Å²) in [5, 5.41) is 10.3. The van der Waals surface area contributed by atoms with Gasteiger partial charge in [-0.2, -0.15) is 5.10 Å². The number of hydrogen-bond donors (Lipinski definition) is 2. The van der Waals surface area contributed by atoms with Gasteiger partial charge in [0.25, 0.3) is 0 Å². The molecule has 2 N–H and O–H groups in total. The van der Waals surface area contributed by atoms with E-state index in [0.717, 1.165) is 44.4 Å². The number of guanidine groups is 1. The third-order valence-corrected chi connectivity index (χ3v) is 4.35. The Morgan fingerprint density at radius 2 is 2.00 bits per heavy atom. The summed E-state index contributed by atoms with van der Waals surface area (Å²) in [6.07, 6.45) is 6.20. The molecule has 1 saturated heterocycles. The molecule has 1 aromatic carbocycles. The van der Waals surface area contributed by atoms with Gasteiger partial charge in [-0.3, -0.25) is 15.0 Å². The van der Waals surface area contributed by atoms with E-state index >= 15 is 0 Å². The van der Waals surface area contributed by atoms with Crippen molar-refractivity contribution in [3.8, 4) is 0 Å². The molecule has 0 radical (unpaired) electrons. The van der Waals surface area contributed by atoms with Crippen molar-refractivity contribution >= 4 is 12.0 Å². The normalized spacial score (nSPS) is 16.5. The fraction of sp³-hybridized carbons (Fsp3) is 0.368. The van der Waals surface area contributed by atoms with Gasteiger partial charge in [0.15, 0.2) is 5.96 Å². The van der Waals surface area contributed by atoms with Gasteiger partial charge in [0.05, 0.1) is 12.2 Å². The summed E-state index contributed by atoms with van der Waals surface area (Å²) in [7, 11) is 1.84. The van der Waals surface area contributed by atoms with Gasteiger partial charge in [-0.1, -0.05) is 42.5 Å². The van der Waals surface area contributed by atoms with Gasteiger partial charge in [-0.05, 0) is 11.6 Å². The molecular weight excluding hydrogens is 312 g/mol. The number of rotatable bonds is 5. The highest BCUT2D eigenvalue weighted by molar-refractivity contribution is 5.79. The van der Waals surface area contributed by atoms with Crippen LogP contribution in [0.2, 0.25) is 0 Å². The van der Waals surface area contributed by atoms with Gasteiger partial charge < -0.3 is 10.2 Å². The number of nitrogens with zero attached hydrogens (tertiary/aromatic N) is 4. The number of benzene rings is 1. The van der Waals surface area contributed by atoms with E-state index in [9.17, 15) is 0 Å². The van der Waals surface area contributed by atoms with Gasteiger partial charge in [0.1, 0.15) is 0 Å². The second-order valence-electron chi connectivity index (χ2n) is 6.08. The maximum atomic E-state index is 4.40. The van der Waals surface area contributed by atoms with Crippen LogP contribution in [0, 0.1) is 0 Å². The zero-order chi connectivity index (χ0) is 17.3. The summed E-state index contributed by atoms with van der Waals surface area (Å²) in [6.45, 7) is 5.77. The number of nitrogens with one attached hydrogen (secondary N) is 2. The van der Waals surface area contributed by atoms with Gasteiger partial charge in [-0.15, -0.1) is 0 Å². The van der Waals surface area contributed by atoms with Crippen molar-refractivity contribution in [1.29, 1.82) is 0 Å². The zero-order valence-corrected chi connectivity index (χ0v) is 14.7. The van der Waals surface area contributed by atoms with Crippen molar-refractivity contribution in [2.45, 2.75) is 6.54 Å². The molecule has 0 atom stereocenters. The van der Waals surface area contributed by atoms with Crippen LogP contribution in [0.3, 0.4) is 0 Å². The lowest BCUT2D eigenvalue weighted by Crippen LogP contribution is -2.52. The van der Waals surface area contributed by atoms with Crippen molar-refractivity contribution in [2.24, 2.45) is 4.99 Å². The number of aromatic nitrogens is 2. The van der Waals surface area contributed by atoms with E-state index in [2.05, 4.69) is 66.7 Å². The fourth-order valence-corrected chi connectivity index (χ4v) is 2.93. The van der Waals surface area contributed by atoms with Crippen molar-refractivity contribution < 1.29 is 0 Å². The Labute approximate surface area is 149 Å². The Morgan fingerprint density at radius 3 is 2.68 bits per heavy atom. The molecule has 132 valence electrons. The highest BCUT2D eigenvalue weighted by atomic mass is 15.3. The van der Waals surface area contributed by atoms with E-state index in [0.29, 0.717) is 6.54 Å².